The molecule has 3 aromatic rings. The summed E-state index contributed by atoms with van der Waals surface area (Å²) in [7, 11) is 0. The van der Waals surface area contributed by atoms with Gasteiger partial charge in [-0.25, -0.2) is 0 Å². The van der Waals surface area contributed by atoms with Crippen LogP contribution in [0.3, 0.4) is 0 Å². The molecule has 1 N–H and O–H groups in total. The number of fused-ring (bicyclic) bond motifs is 1. The maximum absolute atomic E-state index is 10.7. The molecule has 1 aromatic heterocycles. The van der Waals surface area contributed by atoms with Crippen LogP contribution >= 0.6 is 11.6 Å². The molecule has 7 heteroatoms. The van der Waals surface area contributed by atoms with Crippen molar-refractivity contribution in [2.45, 2.75) is 6.54 Å². The van der Waals surface area contributed by atoms with Crippen molar-refractivity contribution < 1.29 is 9.34 Å². The van der Waals surface area contributed by atoms with E-state index >= 15 is 0 Å². The van der Waals surface area contributed by atoms with E-state index in [0.29, 0.717) is 28.7 Å². The van der Waals surface area contributed by atoms with Crippen molar-refractivity contribution >= 4 is 34.4 Å². The second-order valence-corrected chi connectivity index (χ2v) is 4.78. The van der Waals surface area contributed by atoms with Gasteiger partial charge in [-0.3, -0.25) is 10.1 Å². The number of anilines is 1. The zero-order valence-corrected chi connectivity index (χ0v) is 11.5. The van der Waals surface area contributed by atoms with Crippen LogP contribution in [0, 0.1) is 10.1 Å². The quantitative estimate of drug-likeness (QED) is 0.582. The number of hydrogen-bond acceptors (Lipinski definition) is 5. The number of aromatic nitrogens is 1. The molecule has 0 unspecified atom stereocenters. The van der Waals surface area contributed by atoms with Crippen molar-refractivity contribution in [3.8, 4) is 0 Å². The zero-order valence-electron chi connectivity index (χ0n) is 10.7. The molecule has 21 heavy (non-hydrogen) atoms. The molecule has 0 aliphatic rings. The van der Waals surface area contributed by atoms with E-state index in [-0.39, 0.29) is 5.69 Å². The topological polar surface area (TPSA) is 81.2 Å². The van der Waals surface area contributed by atoms with Gasteiger partial charge in [0.1, 0.15) is 5.52 Å². The highest BCUT2D eigenvalue weighted by Crippen LogP contribution is 2.24. The van der Waals surface area contributed by atoms with E-state index < -0.39 is 4.92 Å². The Morgan fingerprint density at radius 3 is 2.86 bits per heavy atom. The molecule has 0 saturated heterocycles. The number of rotatable bonds is 4. The molecule has 6 nitrogen and oxygen atoms in total. The summed E-state index contributed by atoms with van der Waals surface area (Å²) in [5.74, 6) is 0. The Labute approximate surface area is 124 Å². The van der Waals surface area contributed by atoms with E-state index in [1.807, 2.05) is 18.2 Å². The highest BCUT2D eigenvalue weighted by atomic mass is 35.5. The molecule has 106 valence electrons. The van der Waals surface area contributed by atoms with Crippen LogP contribution in [-0.4, -0.2) is 9.91 Å². The minimum absolute atomic E-state index is 0.0312. The molecule has 0 radical (unpaired) electrons. The van der Waals surface area contributed by atoms with Crippen LogP contribution in [-0.2, 0) is 6.54 Å². The Balaban J connectivity index is 1.82. The summed E-state index contributed by atoms with van der Waals surface area (Å²) in [5, 5.41) is 14.4. The number of nitrogens with zero attached hydrogens (tertiary/aromatic N) is 2. The lowest BCUT2D eigenvalue weighted by molar-refractivity contribution is -0.384. The van der Waals surface area contributed by atoms with Gasteiger partial charge in [0.15, 0.2) is 5.58 Å². The average molecular weight is 304 g/mol. The largest absolute Gasteiger partial charge is 0.423 e. The summed E-state index contributed by atoms with van der Waals surface area (Å²) in [6.45, 7) is 0.453. The standard InChI is InChI=1S/C14H10ClN3O3/c15-11-4-2-1-3-9(11)8-16-14-17-12-6-5-10(18(19)20)7-13(12)21-14/h1-7H,8H2,(H,16,17). The SMILES string of the molecule is O=[N+]([O-])c1ccc2nc(NCc3ccccc3Cl)oc2c1. The number of halogens is 1. The lowest BCUT2D eigenvalue weighted by atomic mass is 10.2. The van der Waals surface area contributed by atoms with Crippen LogP contribution in [0.15, 0.2) is 46.9 Å². The second-order valence-electron chi connectivity index (χ2n) is 4.37. The van der Waals surface area contributed by atoms with Crippen molar-refractivity contribution in [1.29, 1.82) is 0 Å². The van der Waals surface area contributed by atoms with Gasteiger partial charge in [-0.05, 0) is 17.7 Å². The first-order valence-corrected chi connectivity index (χ1v) is 6.53. The van der Waals surface area contributed by atoms with Crippen LogP contribution in [0.4, 0.5) is 11.7 Å². The molecule has 0 spiro atoms. The average Bonchev–Trinajstić information content (AvgIpc) is 2.88. The predicted molar refractivity (Wildman–Crippen MR) is 79.4 cm³/mol. The van der Waals surface area contributed by atoms with Crippen LogP contribution in [0.1, 0.15) is 5.56 Å². The second kappa shape index (κ2) is 5.41. The number of nitro groups is 1. The van der Waals surface area contributed by atoms with Gasteiger partial charge in [0.2, 0.25) is 0 Å². The van der Waals surface area contributed by atoms with Crippen LogP contribution in [0.5, 0.6) is 0 Å². The third-order valence-corrected chi connectivity index (χ3v) is 3.34. The number of hydrogen-bond donors (Lipinski definition) is 1. The Kier molecular flexibility index (Phi) is 3.45. The number of nitro benzene ring substituents is 1. The first-order chi connectivity index (χ1) is 10.1. The van der Waals surface area contributed by atoms with Gasteiger partial charge in [-0.15, -0.1) is 0 Å². The van der Waals surface area contributed by atoms with Gasteiger partial charge in [0, 0.05) is 17.6 Å². The maximum Gasteiger partial charge on any atom is 0.295 e. The van der Waals surface area contributed by atoms with Crippen LogP contribution in [0.2, 0.25) is 5.02 Å². The van der Waals surface area contributed by atoms with Crippen molar-refractivity contribution in [3.05, 3.63) is 63.2 Å². The number of benzene rings is 2. The monoisotopic (exact) mass is 303 g/mol. The lowest BCUT2D eigenvalue weighted by Gasteiger charge is -2.03. The molecule has 0 fully saturated rings. The van der Waals surface area contributed by atoms with Gasteiger partial charge in [-0.2, -0.15) is 4.98 Å². The third kappa shape index (κ3) is 2.80. The van der Waals surface area contributed by atoms with E-state index in [2.05, 4.69) is 10.3 Å². The van der Waals surface area contributed by atoms with E-state index in [0.717, 1.165) is 5.56 Å². The van der Waals surface area contributed by atoms with Crippen LogP contribution in [0.25, 0.3) is 11.1 Å². The first kappa shape index (κ1) is 13.4. The lowest BCUT2D eigenvalue weighted by Crippen LogP contribution is -1.99. The molecular weight excluding hydrogens is 294 g/mol. The van der Waals surface area contributed by atoms with Gasteiger partial charge < -0.3 is 9.73 Å². The van der Waals surface area contributed by atoms with E-state index in [9.17, 15) is 10.1 Å². The van der Waals surface area contributed by atoms with Crippen molar-refractivity contribution in [1.82, 2.24) is 4.98 Å². The Morgan fingerprint density at radius 2 is 2.10 bits per heavy atom. The third-order valence-electron chi connectivity index (χ3n) is 2.97. The Hall–Kier alpha value is -2.60. The van der Waals surface area contributed by atoms with Crippen molar-refractivity contribution in [3.63, 3.8) is 0 Å². The van der Waals surface area contributed by atoms with E-state index in [1.54, 1.807) is 12.1 Å². The highest BCUT2D eigenvalue weighted by molar-refractivity contribution is 6.31. The molecule has 0 amide bonds. The minimum Gasteiger partial charge on any atom is -0.423 e. The summed E-state index contributed by atoms with van der Waals surface area (Å²) < 4.78 is 5.45. The summed E-state index contributed by atoms with van der Waals surface area (Å²) in [6, 6.07) is 12.0. The first-order valence-electron chi connectivity index (χ1n) is 6.16. The molecule has 0 atom stereocenters. The van der Waals surface area contributed by atoms with Gasteiger partial charge in [-0.1, -0.05) is 29.8 Å². The Bertz CT molecular complexity index is 816. The predicted octanol–water partition coefficient (Wildman–Crippen LogP) is 4.00. The molecule has 1 heterocycles. The fourth-order valence-electron chi connectivity index (χ4n) is 1.92. The van der Waals surface area contributed by atoms with E-state index in [4.69, 9.17) is 16.0 Å². The number of oxazole rings is 1. The minimum atomic E-state index is -0.473. The molecule has 0 aliphatic heterocycles. The van der Waals surface area contributed by atoms with E-state index in [1.165, 1.54) is 12.1 Å². The maximum atomic E-state index is 10.7. The summed E-state index contributed by atoms with van der Waals surface area (Å²) in [5.41, 5.74) is 1.80. The molecule has 3 rings (SSSR count). The zero-order chi connectivity index (χ0) is 14.8. The van der Waals surface area contributed by atoms with Crippen LogP contribution < -0.4 is 5.32 Å². The normalized spacial score (nSPS) is 10.7. The molecule has 2 aromatic carbocycles. The Morgan fingerprint density at radius 1 is 1.29 bits per heavy atom. The van der Waals surface area contributed by atoms with Gasteiger partial charge >= 0.3 is 0 Å². The molecule has 0 bridgehead atoms. The fraction of sp³-hybridized carbons (Fsp3) is 0.0714. The summed E-state index contributed by atoms with van der Waals surface area (Å²) in [6.07, 6.45) is 0. The number of non-ortho nitro benzene ring substituents is 1. The van der Waals surface area contributed by atoms with Crippen molar-refractivity contribution in [2.24, 2.45) is 0 Å². The summed E-state index contributed by atoms with van der Waals surface area (Å²) >= 11 is 6.06. The highest BCUT2D eigenvalue weighted by Gasteiger charge is 2.11. The summed E-state index contributed by atoms with van der Waals surface area (Å²) in [4.78, 5) is 14.5. The molecular formula is C14H10ClN3O3. The molecule has 0 aliphatic carbocycles. The molecule has 0 saturated carbocycles. The van der Waals surface area contributed by atoms with Gasteiger partial charge in [0.05, 0.1) is 11.0 Å². The van der Waals surface area contributed by atoms with Gasteiger partial charge in [0.25, 0.3) is 11.7 Å². The smallest absolute Gasteiger partial charge is 0.295 e. The van der Waals surface area contributed by atoms with Crippen molar-refractivity contribution in [2.75, 3.05) is 5.32 Å². The number of nitrogens with one attached hydrogen (secondary N) is 1. The fourth-order valence-corrected chi connectivity index (χ4v) is 2.12.